The largest absolute Gasteiger partial charge is 0.478 e. The number of halogens is 3. The Labute approximate surface area is 201 Å². The number of aliphatic hydroxyl groups is 1. The van der Waals surface area contributed by atoms with Crippen molar-refractivity contribution in [3.63, 3.8) is 0 Å². The number of carbonyl (C=O) groups excluding carboxylic acids is 1. The van der Waals surface area contributed by atoms with Gasteiger partial charge in [0.25, 0.3) is 0 Å². The number of alkyl halides is 3. The van der Waals surface area contributed by atoms with E-state index < -0.39 is 41.1 Å². The molecule has 35 heavy (non-hydrogen) atoms. The summed E-state index contributed by atoms with van der Waals surface area (Å²) in [5.74, 6) is -0.696. The van der Waals surface area contributed by atoms with Crippen molar-refractivity contribution in [3.05, 3.63) is 58.7 Å². The zero-order chi connectivity index (χ0) is 26.5. The van der Waals surface area contributed by atoms with E-state index in [2.05, 4.69) is 0 Å². The van der Waals surface area contributed by atoms with Crippen molar-refractivity contribution in [2.75, 3.05) is 4.90 Å². The quantitative estimate of drug-likeness (QED) is 0.583. The number of amides is 2. The SMILES string of the molecule is Cc1cc(CN2C(=O)N(c3ccc(C(F)(F)F)cc3)C(C)(C)C2O)cc(C)c1OC(C)(C)C(=O)O. The highest BCUT2D eigenvalue weighted by molar-refractivity contribution is 5.96. The van der Waals surface area contributed by atoms with Crippen molar-refractivity contribution in [1.82, 2.24) is 4.90 Å². The first-order chi connectivity index (χ1) is 16.0. The molecule has 1 fully saturated rings. The molecular formula is C25H29F3N2O5. The molecule has 3 rings (SSSR count). The van der Waals surface area contributed by atoms with Crippen LogP contribution in [-0.2, 0) is 17.5 Å². The van der Waals surface area contributed by atoms with Gasteiger partial charge in [0.05, 0.1) is 17.6 Å². The van der Waals surface area contributed by atoms with Gasteiger partial charge in [-0.1, -0.05) is 12.1 Å². The average Bonchev–Trinajstić information content (AvgIpc) is 2.89. The van der Waals surface area contributed by atoms with Gasteiger partial charge in [0, 0.05) is 5.69 Å². The van der Waals surface area contributed by atoms with Crippen LogP contribution in [0, 0.1) is 13.8 Å². The standard InChI is InChI=1S/C25H29F3N2O5/c1-14-11-16(12-15(2)19(14)35-24(5,6)21(32)33)13-29-20(31)23(3,4)30(22(29)34)18-9-7-17(8-10-18)25(26,27)28/h7-12,20,31H,13H2,1-6H3,(H,32,33). The number of carbonyl (C=O) groups is 2. The number of aryl methyl sites for hydroxylation is 2. The zero-order valence-electron chi connectivity index (χ0n) is 20.4. The molecule has 0 spiro atoms. The van der Waals surface area contributed by atoms with Gasteiger partial charge >= 0.3 is 18.2 Å². The smallest absolute Gasteiger partial charge is 0.416 e. The number of ether oxygens (including phenoxy) is 1. The van der Waals surface area contributed by atoms with Gasteiger partial charge in [-0.2, -0.15) is 13.2 Å². The first-order valence-electron chi connectivity index (χ1n) is 11.0. The Balaban J connectivity index is 1.89. The van der Waals surface area contributed by atoms with Crippen LogP contribution in [0.3, 0.4) is 0 Å². The monoisotopic (exact) mass is 494 g/mol. The fourth-order valence-corrected chi connectivity index (χ4v) is 4.16. The molecule has 1 aliphatic rings. The van der Waals surface area contributed by atoms with Crippen molar-refractivity contribution < 1.29 is 37.7 Å². The Morgan fingerprint density at radius 3 is 2.06 bits per heavy atom. The van der Waals surface area contributed by atoms with E-state index in [1.54, 1.807) is 39.8 Å². The summed E-state index contributed by atoms with van der Waals surface area (Å²) in [7, 11) is 0. The lowest BCUT2D eigenvalue weighted by molar-refractivity contribution is -0.152. The number of hydrogen-bond acceptors (Lipinski definition) is 4. The van der Waals surface area contributed by atoms with E-state index in [9.17, 15) is 33.0 Å². The molecule has 1 aliphatic heterocycles. The van der Waals surface area contributed by atoms with E-state index >= 15 is 0 Å². The molecule has 1 saturated heterocycles. The molecule has 1 unspecified atom stereocenters. The average molecular weight is 495 g/mol. The molecular weight excluding hydrogens is 465 g/mol. The number of aliphatic carboxylic acids is 1. The van der Waals surface area contributed by atoms with E-state index in [4.69, 9.17) is 4.74 Å². The molecule has 2 aromatic carbocycles. The summed E-state index contributed by atoms with van der Waals surface area (Å²) in [4.78, 5) is 27.3. The van der Waals surface area contributed by atoms with Crippen molar-refractivity contribution in [2.24, 2.45) is 0 Å². The van der Waals surface area contributed by atoms with Crippen molar-refractivity contribution >= 4 is 17.7 Å². The van der Waals surface area contributed by atoms with E-state index in [1.807, 2.05) is 0 Å². The summed E-state index contributed by atoms with van der Waals surface area (Å²) in [5, 5.41) is 20.3. The molecule has 0 aromatic heterocycles. The maximum absolute atomic E-state index is 13.3. The van der Waals surface area contributed by atoms with E-state index in [1.165, 1.54) is 35.8 Å². The molecule has 10 heteroatoms. The van der Waals surface area contributed by atoms with Crippen LogP contribution >= 0.6 is 0 Å². The normalized spacial score (nSPS) is 18.2. The van der Waals surface area contributed by atoms with Gasteiger partial charge in [-0.15, -0.1) is 0 Å². The van der Waals surface area contributed by atoms with Crippen LogP contribution in [0.25, 0.3) is 0 Å². The molecule has 7 nitrogen and oxygen atoms in total. The summed E-state index contributed by atoms with van der Waals surface area (Å²) in [6, 6.07) is 7.16. The third-order valence-corrected chi connectivity index (χ3v) is 6.14. The van der Waals surface area contributed by atoms with Gasteiger partial charge in [0.1, 0.15) is 5.75 Å². The highest BCUT2D eigenvalue weighted by Gasteiger charge is 2.51. The molecule has 2 N–H and O–H groups in total. The van der Waals surface area contributed by atoms with Gasteiger partial charge in [0.2, 0.25) is 0 Å². The third kappa shape index (κ3) is 4.93. The highest BCUT2D eigenvalue weighted by Crippen LogP contribution is 2.39. The molecule has 1 heterocycles. The number of nitrogens with zero attached hydrogens (tertiary/aromatic N) is 2. The van der Waals surface area contributed by atoms with Crippen LogP contribution in [0.15, 0.2) is 36.4 Å². The number of rotatable bonds is 6. The van der Waals surface area contributed by atoms with Crippen LogP contribution < -0.4 is 9.64 Å². The third-order valence-electron chi connectivity index (χ3n) is 6.14. The summed E-state index contributed by atoms with van der Waals surface area (Å²) < 4.78 is 44.6. The van der Waals surface area contributed by atoms with Gasteiger partial charge in [-0.3, -0.25) is 9.80 Å². The molecule has 2 aromatic rings. The first kappa shape index (κ1) is 26.3. The Morgan fingerprint density at radius 2 is 1.60 bits per heavy atom. The second-order valence-electron chi connectivity index (χ2n) is 9.79. The summed E-state index contributed by atoms with van der Waals surface area (Å²) in [5.41, 5.74) is -1.15. The van der Waals surface area contributed by atoms with E-state index in [-0.39, 0.29) is 12.2 Å². The van der Waals surface area contributed by atoms with Crippen LogP contribution in [-0.4, -0.2) is 44.5 Å². The van der Waals surface area contributed by atoms with Gasteiger partial charge in [0.15, 0.2) is 11.8 Å². The zero-order valence-corrected chi connectivity index (χ0v) is 20.4. The first-order valence-corrected chi connectivity index (χ1v) is 11.0. The molecule has 0 bridgehead atoms. The number of urea groups is 1. The molecule has 0 radical (unpaired) electrons. The number of hydrogen-bond donors (Lipinski definition) is 2. The van der Waals surface area contributed by atoms with Crippen molar-refractivity contribution in [2.45, 2.75) is 71.6 Å². The van der Waals surface area contributed by atoms with Crippen molar-refractivity contribution in [3.8, 4) is 5.75 Å². The van der Waals surface area contributed by atoms with Gasteiger partial charge < -0.3 is 14.9 Å². The Hall–Kier alpha value is -3.27. The van der Waals surface area contributed by atoms with Crippen LogP contribution in [0.1, 0.15) is 49.9 Å². The molecule has 2 amide bonds. The van der Waals surface area contributed by atoms with Gasteiger partial charge in [-0.25, -0.2) is 9.59 Å². The minimum Gasteiger partial charge on any atom is -0.478 e. The van der Waals surface area contributed by atoms with E-state index in [0.717, 1.165) is 12.1 Å². The Kier molecular flexibility index (Phi) is 6.58. The number of anilines is 1. The van der Waals surface area contributed by atoms with Crippen LogP contribution in [0.5, 0.6) is 5.75 Å². The summed E-state index contributed by atoms with van der Waals surface area (Å²) in [6.07, 6.45) is -5.74. The van der Waals surface area contributed by atoms with Crippen LogP contribution in [0.4, 0.5) is 23.7 Å². The predicted octanol–water partition coefficient (Wildman–Crippen LogP) is 5.10. The fourth-order valence-electron chi connectivity index (χ4n) is 4.16. The minimum atomic E-state index is -4.50. The predicted molar refractivity (Wildman–Crippen MR) is 123 cm³/mol. The molecule has 190 valence electrons. The highest BCUT2D eigenvalue weighted by atomic mass is 19.4. The van der Waals surface area contributed by atoms with E-state index in [0.29, 0.717) is 22.4 Å². The van der Waals surface area contributed by atoms with Gasteiger partial charge in [-0.05, 0) is 82.5 Å². The molecule has 1 atom stereocenters. The molecule has 0 aliphatic carbocycles. The van der Waals surface area contributed by atoms with Crippen LogP contribution in [0.2, 0.25) is 0 Å². The topological polar surface area (TPSA) is 90.3 Å². The second kappa shape index (κ2) is 8.75. The lowest BCUT2D eigenvalue weighted by Crippen LogP contribution is -2.47. The lowest BCUT2D eigenvalue weighted by atomic mass is 10.0. The number of benzene rings is 2. The molecule has 0 saturated carbocycles. The number of carboxylic acids is 1. The maximum Gasteiger partial charge on any atom is 0.416 e. The number of carboxylic acid groups (broad SMARTS) is 1. The Bertz CT molecular complexity index is 1120. The second-order valence-corrected chi connectivity index (χ2v) is 9.79. The number of aliphatic hydroxyl groups excluding tert-OH is 1. The summed E-state index contributed by atoms with van der Waals surface area (Å²) in [6.45, 7) is 9.70. The lowest BCUT2D eigenvalue weighted by Gasteiger charge is -2.32. The Morgan fingerprint density at radius 1 is 1.09 bits per heavy atom. The maximum atomic E-state index is 13.3. The fraction of sp³-hybridized carbons (Fsp3) is 0.440. The summed E-state index contributed by atoms with van der Waals surface area (Å²) >= 11 is 0. The minimum absolute atomic E-state index is 0.0326. The van der Waals surface area contributed by atoms with Crippen molar-refractivity contribution in [1.29, 1.82) is 0 Å².